The van der Waals surface area contributed by atoms with E-state index in [4.69, 9.17) is 4.42 Å². The van der Waals surface area contributed by atoms with E-state index in [1.165, 1.54) is 4.31 Å². The third-order valence-corrected chi connectivity index (χ3v) is 5.33. The SMILES string of the molecule is CN([C@H]1CCCNC1)S(=O)(=O)c1nc2ccccc2o1. The summed E-state index contributed by atoms with van der Waals surface area (Å²) in [6, 6.07) is 6.99. The highest BCUT2D eigenvalue weighted by Gasteiger charge is 2.32. The number of sulfonamides is 1. The summed E-state index contributed by atoms with van der Waals surface area (Å²) in [7, 11) is -2.10. The van der Waals surface area contributed by atoms with Crippen molar-refractivity contribution in [2.24, 2.45) is 0 Å². The molecule has 0 aliphatic carbocycles. The highest BCUT2D eigenvalue weighted by molar-refractivity contribution is 7.88. The van der Waals surface area contributed by atoms with Gasteiger partial charge in [0, 0.05) is 19.6 Å². The summed E-state index contributed by atoms with van der Waals surface area (Å²) >= 11 is 0. The number of rotatable bonds is 3. The Labute approximate surface area is 117 Å². The third kappa shape index (κ3) is 2.32. The zero-order valence-corrected chi connectivity index (χ0v) is 12.1. The van der Waals surface area contributed by atoms with Gasteiger partial charge in [-0.25, -0.2) is 8.42 Å². The van der Waals surface area contributed by atoms with Crippen molar-refractivity contribution in [2.75, 3.05) is 20.1 Å². The van der Waals surface area contributed by atoms with Crippen molar-refractivity contribution < 1.29 is 12.8 Å². The van der Waals surface area contributed by atoms with Crippen LogP contribution in [0.5, 0.6) is 0 Å². The molecule has 1 saturated heterocycles. The zero-order valence-electron chi connectivity index (χ0n) is 11.2. The molecule has 0 unspecified atom stereocenters. The molecule has 2 heterocycles. The van der Waals surface area contributed by atoms with E-state index in [0.717, 1.165) is 19.4 Å². The number of likely N-dealkylation sites (N-methyl/N-ethyl adjacent to an activating group) is 1. The second kappa shape index (κ2) is 5.16. The first-order valence-electron chi connectivity index (χ1n) is 6.63. The predicted octanol–water partition coefficient (Wildman–Crippen LogP) is 1.20. The predicted molar refractivity (Wildman–Crippen MR) is 74.8 cm³/mol. The summed E-state index contributed by atoms with van der Waals surface area (Å²) in [5.41, 5.74) is 1.04. The molecule has 1 aliphatic rings. The van der Waals surface area contributed by atoms with E-state index in [9.17, 15) is 8.42 Å². The standard InChI is InChI=1S/C13H17N3O3S/c1-16(10-5-4-8-14-9-10)20(17,18)13-15-11-6-2-3-7-12(11)19-13/h2-3,6-7,10,14H,4-5,8-9H2,1H3/t10-/m0/s1. The van der Waals surface area contributed by atoms with Crippen molar-refractivity contribution in [2.45, 2.75) is 24.1 Å². The molecule has 0 saturated carbocycles. The van der Waals surface area contributed by atoms with E-state index in [1.807, 2.05) is 0 Å². The van der Waals surface area contributed by atoms with Crippen LogP contribution in [0.2, 0.25) is 0 Å². The van der Waals surface area contributed by atoms with Crippen molar-refractivity contribution in [3.05, 3.63) is 24.3 Å². The van der Waals surface area contributed by atoms with Crippen LogP contribution in [-0.4, -0.2) is 43.9 Å². The van der Waals surface area contributed by atoms with Crippen molar-refractivity contribution in [3.63, 3.8) is 0 Å². The van der Waals surface area contributed by atoms with Gasteiger partial charge in [0.2, 0.25) is 0 Å². The fourth-order valence-electron chi connectivity index (χ4n) is 2.42. The van der Waals surface area contributed by atoms with Gasteiger partial charge in [0.15, 0.2) is 5.58 Å². The summed E-state index contributed by atoms with van der Waals surface area (Å²) in [6.07, 6.45) is 1.82. The molecule has 108 valence electrons. The number of hydrogen-bond donors (Lipinski definition) is 1. The maximum atomic E-state index is 12.5. The average Bonchev–Trinajstić information content (AvgIpc) is 2.92. The maximum absolute atomic E-state index is 12.5. The largest absolute Gasteiger partial charge is 0.427 e. The Balaban J connectivity index is 1.93. The van der Waals surface area contributed by atoms with Gasteiger partial charge in [-0.15, -0.1) is 0 Å². The Hall–Kier alpha value is -1.44. The summed E-state index contributed by atoms with van der Waals surface area (Å²) < 4.78 is 31.8. The maximum Gasteiger partial charge on any atom is 0.332 e. The van der Waals surface area contributed by atoms with Crippen molar-refractivity contribution in [3.8, 4) is 0 Å². The lowest BCUT2D eigenvalue weighted by atomic mass is 10.1. The van der Waals surface area contributed by atoms with Crippen LogP contribution in [0.4, 0.5) is 0 Å². The molecule has 0 amide bonds. The molecule has 1 fully saturated rings. The van der Waals surface area contributed by atoms with Gasteiger partial charge in [0.1, 0.15) is 5.52 Å². The molecule has 2 aromatic rings. The van der Waals surface area contributed by atoms with Gasteiger partial charge in [0.25, 0.3) is 10.0 Å². The summed E-state index contributed by atoms with van der Waals surface area (Å²) in [4.78, 5) is 4.08. The van der Waals surface area contributed by atoms with Crippen LogP contribution in [-0.2, 0) is 10.0 Å². The number of fused-ring (bicyclic) bond motifs is 1. The summed E-state index contributed by atoms with van der Waals surface area (Å²) in [6.45, 7) is 1.60. The number of benzene rings is 1. The summed E-state index contributed by atoms with van der Waals surface area (Å²) in [5.74, 6) is 0. The Morgan fingerprint density at radius 2 is 2.20 bits per heavy atom. The number of piperidine rings is 1. The van der Waals surface area contributed by atoms with Gasteiger partial charge in [-0.2, -0.15) is 9.29 Å². The third-order valence-electron chi connectivity index (χ3n) is 3.66. The number of aromatic nitrogens is 1. The second-order valence-electron chi connectivity index (χ2n) is 4.97. The van der Waals surface area contributed by atoms with Gasteiger partial charge >= 0.3 is 5.22 Å². The molecular formula is C13H17N3O3S. The quantitative estimate of drug-likeness (QED) is 0.921. The smallest absolute Gasteiger partial charge is 0.332 e. The molecule has 3 rings (SSSR count). The van der Waals surface area contributed by atoms with E-state index in [-0.39, 0.29) is 11.3 Å². The first kappa shape index (κ1) is 13.5. The van der Waals surface area contributed by atoms with E-state index in [0.29, 0.717) is 17.6 Å². The molecule has 6 nitrogen and oxygen atoms in total. The molecule has 1 aromatic carbocycles. The fraction of sp³-hybridized carbons (Fsp3) is 0.462. The van der Waals surface area contributed by atoms with E-state index < -0.39 is 10.0 Å². The number of nitrogens with one attached hydrogen (secondary N) is 1. The highest BCUT2D eigenvalue weighted by Crippen LogP contribution is 2.23. The van der Waals surface area contributed by atoms with Gasteiger partial charge < -0.3 is 9.73 Å². The van der Waals surface area contributed by atoms with E-state index >= 15 is 0 Å². The normalized spacial score (nSPS) is 20.6. The van der Waals surface area contributed by atoms with Crippen molar-refractivity contribution >= 4 is 21.1 Å². The van der Waals surface area contributed by atoms with Crippen LogP contribution in [0.3, 0.4) is 0 Å². The molecular weight excluding hydrogens is 278 g/mol. The monoisotopic (exact) mass is 295 g/mol. The minimum absolute atomic E-state index is 0.0521. The lowest BCUT2D eigenvalue weighted by Crippen LogP contribution is -2.46. The average molecular weight is 295 g/mol. The zero-order chi connectivity index (χ0) is 14.2. The molecule has 1 aliphatic heterocycles. The van der Waals surface area contributed by atoms with Gasteiger partial charge in [0.05, 0.1) is 0 Å². The minimum Gasteiger partial charge on any atom is -0.427 e. The number of oxazole rings is 1. The van der Waals surface area contributed by atoms with Crippen LogP contribution in [0.1, 0.15) is 12.8 Å². The van der Waals surface area contributed by atoms with Crippen LogP contribution in [0, 0.1) is 0 Å². The lowest BCUT2D eigenvalue weighted by Gasteiger charge is -2.29. The molecule has 1 N–H and O–H groups in total. The van der Waals surface area contributed by atoms with Crippen LogP contribution >= 0.6 is 0 Å². The van der Waals surface area contributed by atoms with Crippen LogP contribution in [0.25, 0.3) is 11.1 Å². The van der Waals surface area contributed by atoms with E-state index in [1.54, 1.807) is 31.3 Å². The van der Waals surface area contributed by atoms with E-state index in [2.05, 4.69) is 10.3 Å². The Kier molecular flexibility index (Phi) is 3.49. The first-order chi connectivity index (χ1) is 9.59. The first-order valence-corrected chi connectivity index (χ1v) is 8.07. The van der Waals surface area contributed by atoms with Crippen LogP contribution < -0.4 is 5.32 Å². The second-order valence-corrected chi connectivity index (χ2v) is 6.84. The Morgan fingerprint density at radius 1 is 1.40 bits per heavy atom. The molecule has 1 atom stereocenters. The molecule has 20 heavy (non-hydrogen) atoms. The Bertz CT molecular complexity index is 671. The highest BCUT2D eigenvalue weighted by atomic mass is 32.2. The fourth-order valence-corrected chi connectivity index (χ4v) is 3.65. The van der Waals surface area contributed by atoms with Crippen molar-refractivity contribution in [1.82, 2.24) is 14.6 Å². The molecule has 0 radical (unpaired) electrons. The van der Waals surface area contributed by atoms with Gasteiger partial charge in [-0.3, -0.25) is 0 Å². The molecule has 7 heteroatoms. The Morgan fingerprint density at radius 3 is 2.90 bits per heavy atom. The van der Waals surface area contributed by atoms with Crippen molar-refractivity contribution in [1.29, 1.82) is 0 Å². The number of para-hydroxylation sites is 2. The molecule has 0 bridgehead atoms. The van der Waals surface area contributed by atoms with Gasteiger partial charge in [-0.1, -0.05) is 12.1 Å². The number of hydrogen-bond acceptors (Lipinski definition) is 5. The molecule has 1 aromatic heterocycles. The number of nitrogens with zero attached hydrogens (tertiary/aromatic N) is 2. The lowest BCUT2D eigenvalue weighted by molar-refractivity contribution is 0.291. The molecule has 0 spiro atoms. The summed E-state index contributed by atoms with van der Waals surface area (Å²) in [5, 5.41) is 2.98. The topological polar surface area (TPSA) is 75.4 Å². The minimum atomic E-state index is -3.68. The van der Waals surface area contributed by atoms with Gasteiger partial charge in [-0.05, 0) is 31.5 Å². The van der Waals surface area contributed by atoms with Crippen LogP contribution in [0.15, 0.2) is 33.9 Å².